The van der Waals surface area contributed by atoms with Gasteiger partial charge in [0.05, 0.1) is 43.1 Å². The van der Waals surface area contributed by atoms with Crippen molar-refractivity contribution in [2.24, 2.45) is 0 Å². The van der Waals surface area contributed by atoms with Crippen LogP contribution in [-0.2, 0) is 4.74 Å². The van der Waals surface area contributed by atoms with Gasteiger partial charge in [-0.15, -0.1) is 0 Å². The second-order valence-electron chi connectivity index (χ2n) is 7.04. The quantitative estimate of drug-likeness (QED) is 0.447. The van der Waals surface area contributed by atoms with E-state index in [1.54, 1.807) is 26.4 Å². The lowest BCUT2D eigenvalue weighted by atomic mass is 10.1. The molecule has 0 saturated heterocycles. The lowest BCUT2D eigenvalue weighted by molar-refractivity contribution is 0.0936. The molecule has 0 saturated carbocycles. The van der Waals surface area contributed by atoms with Gasteiger partial charge in [-0.05, 0) is 42.8 Å². The van der Waals surface area contributed by atoms with Crippen LogP contribution in [-0.4, -0.2) is 45.0 Å². The lowest BCUT2D eigenvalue weighted by Crippen LogP contribution is -2.27. The zero-order valence-corrected chi connectivity index (χ0v) is 19.3. The van der Waals surface area contributed by atoms with E-state index in [2.05, 4.69) is 5.32 Å². The lowest BCUT2D eigenvalue weighted by Gasteiger charge is -2.19. The van der Waals surface area contributed by atoms with Crippen molar-refractivity contribution < 1.29 is 23.7 Å². The number of nitrogens with zero attached hydrogens (tertiary/aromatic N) is 1. The van der Waals surface area contributed by atoms with Crippen molar-refractivity contribution in [2.45, 2.75) is 13.0 Å². The normalized spacial score (nSPS) is 11.7. The first-order valence-corrected chi connectivity index (χ1v) is 10.5. The molecule has 1 N–H and O–H groups in total. The molecule has 3 rings (SSSR count). The molecule has 0 bridgehead atoms. The average Bonchev–Trinajstić information content (AvgIpc) is 3.33. The number of hydrogen-bond acceptors (Lipinski definition) is 5. The molecule has 1 aromatic heterocycles. The molecule has 0 aliphatic heterocycles. The summed E-state index contributed by atoms with van der Waals surface area (Å²) in [6.45, 7) is 2.78. The maximum absolute atomic E-state index is 13.0. The maximum atomic E-state index is 13.0. The Hall–Kier alpha value is -3.16. The molecule has 1 atom stereocenters. The summed E-state index contributed by atoms with van der Waals surface area (Å²) in [6.07, 6.45) is 3.75. The zero-order valence-electron chi connectivity index (χ0n) is 18.6. The number of ether oxygens (including phenoxy) is 4. The van der Waals surface area contributed by atoms with Gasteiger partial charge in [-0.2, -0.15) is 0 Å². The summed E-state index contributed by atoms with van der Waals surface area (Å²) in [6, 6.07) is 12.4. The summed E-state index contributed by atoms with van der Waals surface area (Å²) >= 11 is 6.46. The fourth-order valence-corrected chi connectivity index (χ4v) is 3.51. The molecule has 8 heteroatoms. The van der Waals surface area contributed by atoms with Crippen molar-refractivity contribution in [3.63, 3.8) is 0 Å². The topological polar surface area (TPSA) is 71.0 Å². The minimum Gasteiger partial charge on any atom is -0.496 e. The highest BCUT2D eigenvalue weighted by molar-refractivity contribution is 6.33. The van der Waals surface area contributed by atoms with Gasteiger partial charge >= 0.3 is 0 Å². The van der Waals surface area contributed by atoms with Crippen molar-refractivity contribution >= 4 is 17.5 Å². The van der Waals surface area contributed by atoms with Crippen LogP contribution >= 0.6 is 11.6 Å². The standard InChI is InChI=1S/C24H27ClN2O5/c1-16(17-7-8-21(23(13-17)31-4)32-12-11-29-2)26-24(28)18-14-19(25)20(15-22(18)30-3)27-9-5-6-10-27/h5-10,13-16H,11-12H2,1-4H3,(H,26,28). The van der Waals surface area contributed by atoms with Crippen LogP contribution in [0.4, 0.5) is 0 Å². The highest BCUT2D eigenvalue weighted by Gasteiger charge is 2.19. The Morgan fingerprint density at radius 1 is 1.00 bits per heavy atom. The predicted molar refractivity (Wildman–Crippen MR) is 124 cm³/mol. The second-order valence-corrected chi connectivity index (χ2v) is 7.45. The number of rotatable bonds is 10. The predicted octanol–water partition coefficient (Wildman–Crippen LogP) is 4.66. The molecule has 1 amide bonds. The highest BCUT2D eigenvalue weighted by atomic mass is 35.5. The molecule has 0 radical (unpaired) electrons. The Kier molecular flexibility index (Phi) is 8.03. The smallest absolute Gasteiger partial charge is 0.255 e. The molecule has 170 valence electrons. The summed E-state index contributed by atoms with van der Waals surface area (Å²) < 4.78 is 23.4. The summed E-state index contributed by atoms with van der Waals surface area (Å²) in [7, 11) is 4.71. The number of halogens is 1. The molecule has 1 unspecified atom stereocenters. The van der Waals surface area contributed by atoms with Crippen molar-refractivity contribution in [2.75, 3.05) is 34.5 Å². The van der Waals surface area contributed by atoms with E-state index >= 15 is 0 Å². The van der Waals surface area contributed by atoms with Crippen molar-refractivity contribution in [1.82, 2.24) is 9.88 Å². The van der Waals surface area contributed by atoms with Gasteiger partial charge in [0.2, 0.25) is 0 Å². The van der Waals surface area contributed by atoms with Gasteiger partial charge in [0.1, 0.15) is 12.4 Å². The van der Waals surface area contributed by atoms with Gasteiger partial charge < -0.3 is 28.8 Å². The first-order valence-electron chi connectivity index (χ1n) is 10.1. The summed E-state index contributed by atoms with van der Waals surface area (Å²) in [5.41, 5.74) is 1.95. The largest absolute Gasteiger partial charge is 0.496 e. The summed E-state index contributed by atoms with van der Waals surface area (Å²) in [5, 5.41) is 3.43. The first kappa shape index (κ1) is 23.5. The van der Waals surface area contributed by atoms with Crippen LogP contribution in [0.15, 0.2) is 54.9 Å². The van der Waals surface area contributed by atoms with E-state index in [4.69, 9.17) is 30.5 Å². The SMILES string of the molecule is COCCOc1ccc(C(C)NC(=O)c2cc(Cl)c(-n3cccc3)cc2OC)cc1OC. The average molecular weight is 459 g/mol. The fraction of sp³-hybridized carbons (Fsp3) is 0.292. The molecular weight excluding hydrogens is 432 g/mol. The molecule has 0 aliphatic rings. The summed E-state index contributed by atoms with van der Waals surface area (Å²) in [5.74, 6) is 1.33. The third-order valence-corrected chi connectivity index (χ3v) is 5.28. The third-order valence-electron chi connectivity index (χ3n) is 4.98. The Morgan fingerprint density at radius 3 is 2.38 bits per heavy atom. The number of carbonyl (C=O) groups is 1. The van der Waals surface area contributed by atoms with E-state index in [1.807, 2.05) is 54.2 Å². The number of benzene rings is 2. The minimum absolute atomic E-state index is 0.294. The Balaban J connectivity index is 1.79. The van der Waals surface area contributed by atoms with E-state index < -0.39 is 0 Å². The molecule has 2 aromatic carbocycles. The zero-order chi connectivity index (χ0) is 23.1. The van der Waals surface area contributed by atoms with Crippen molar-refractivity contribution in [3.8, 4) is 22.9 Å². The van der Waals surface area contributed by atoms with Crippen LogP contribution in [0.25, 0.3) is 5.69 Å². The second kappa shape index (κ2) is 10.9. The number of aromatic nitrogens is 1. The van der Waals surface area contributed by atoms with Crippen LogP contribution in [0, 0.1) is 0 Å². The number of carbonyl (C=O) groups excluding carboxylic acids is 1. The molecule has 32 heavy (non-hydrogen) atoms. The van der Waals surface area contributed by atoms with Gasteiger partial charge in [0.15, 0.2) is 11.5 Å². The van der Waals surface area contributed by atoms with Crippen LogP contribution in [0.1, 0.15) is 28.9 Å². The van der Waals surface area contributed by atoms with Crippen LogP contribution in [0.5, 0.6) is 17.2 Å². The van der Waals surface area contributed by atoms with E-state index in [0.29, 0.717) is 41.0 Å². The Morgan fingerprint density at radius 2 is 1.72 bits per heavy atom. The molecular formula is C24H27ClN2O5. The molecule has 7 nitrogen and oxygen atoms in total. The van der Waals surface area contributed by atoms with E-state index in [1.165, 1.54) is 7.11 Å². The van der Waals surface area contributed by atoms with E-state index in [-0.39, 0.29) is 11.9 Å². The van der Waals surface area contributed by atoms with Gasteiger partial charge in [0.25, 0.3) is 5.91 Å². The number of amides is 1. The van der Waals surface area contributed by atoms with Crippen LogP contribution in [0.2, 0.25) is 5.02 Å². The van der Waals surface area contributed by atoms with E-state index in [9.17, 15) is 4.79 Å². The highest BCUT2D eigenvalue weighted by Crippen LogP contribution is 2.32. The number of hydrogen-bond donors (Lipinski definition) is 1. The van der Waals surface area contributed by atoms with Gasteiger partial charge in [-0.3, -0.25) is 4.79 Å². The summed E-state index contributed by atoms with van der Waals surface area (Å²) in [4.78, 5) is 13.0. The maximum Gasteiger partial charge on any atom is 0.255 e. The molecule has 1 heterocycles. The van der Waals surface area contributed by atoms with Gasteiger partial charge in [0, 0.05) is 25.6 Å². The fourth-order valence-electron chi connectivity index (χ4n) is 3.25. The van der Waals surface area contributed by atoms with E-state index in [0.717, 1.165) is 11.3 Å². The van der Waals surface area contributed by atoms with Crippen LogP contribution < -0.4 is 19.5 Å². The third kappa shape index (κ3) is 5.36. The molecule has 0 aliphatic carbocycles. The minimum atomic E-state index is -0.297. The monoisotopic (exact) mass is 458 g/mol. The van der Waals surface area contributed by atoms with Crippen LogP contribution in [0.3, 0.4) is 0 Å². The Labute approximate surface area is 192 Å². The molecule has 0 fully saturated rings. The van der Waals surface area contributed by atoms with Crippen molar-refractivity contribution in [1.29, 1.82) is 0 Å². The first-order chi connectivity index (χ1) is 15.5. The number of methoxy groups -OCH3 is 3. The Bertz CT molecular complexity index is 1050. The molecule has 0 spiro atoms. The van der Waals surface area contributed by atoms with Gasteiger partial charge in [-0.1, -0.05) is 17.7 Å². The van der Waals surface area contributed by atoms with Crippen molar-refractivity contribution in [3.05, 3.63) is 71.0 Å². The number of nitrogens with one attached hydrogen (secondary N) is 1. The van der Waals surface area contributed by atoms with Gasteiger partial charge in [-0.25, -0.2) is 0 Å². The molecule has 3 aromatic rings.